The molecule has 0 spiro atoms. The second-order valence-corrected chi connectivity index (χ2v) is 5.43. The number of rotatable bonds is 3. The third-order valence-electron chi connectivity index (χ3n) is 3.33. The van der Waals surface area contributed by atoms with E-state index < -0.39 is 5.97 Å². The highest BCUT2D eigenvalue weighted by molar-refractivity contribution is 7.98. The summed E-state index contributed by atoms with van der Waals surface area (Å²) in [5.41, 5.74) is 2.83. The molecule has 0 fully saturated rings. The first-order chi connectivity index (χ1) is 10.2. The molecule has 1 N–H and O–H groups in total. The summed E-state index contributed by atoms with van der Waals surface area (Å²) < 4.78 is 0. The smallest absolute Gasteiger partial charge is 0.354 e. The van der Waals surface area contributed by atoms with Gasteiger partial charge in [-0.2, -0.15) is 0 Å². The van der Waals surface area contributed by atoms with E-state index in [1.165, 1.54) is 6.07 Å². The van der Waals surface area contributed by atoms with Gasteiger partial charge in [0.1, 0.15) is 5.69 Å². The van der Waals surface area contributed by atoms with Crippen molar-refractivity contribution in [1.82, 2.24) is 4.98 Å². The first-order valence-electron chi connectivity index (χ1n) is 6.47. The van der Waals surface area contributed by atoms with E-state index in [1.807, 2.05) is 48.7 Å². The minimum Gasteiger partial charge on any atom is -0.477 e. The van der Waals surface area contributed by atoms with Crippen LogP contribution in [0.2, 0.25) is 0 Å². The number of aromatic nitrogens is 1. The molecule has 0 aliphatic rings. The average molecular weight is 295 g/mol. The molecule has 0 saturated carbocycles. The maximum atomic E-state index is 11.2. The number of carbonyl (C=O) groups is 1. The Bertz CT molecular complexity index is 816. The minimum atomic E-state index is -1.01. The zero-order valence-electron chi connectivity index (χ0n) is 11.4. The average Bonchev–Trinajstić information content (AvgIpc) is 2.53. The normalized spacial score (nSPS) is 10.7. The quantitative estimate of drug-likeness (QED) is 0.731. The summed E-state index contributed by atoms with van der Waals surface area (Å²) in [6.07, 6.45) is 2.01. The summed E-state index contributed by atoms with van der Waals surface area (Å²) >= 11 is 1.63. The van der Waals surface area contributed by atoms with Gasteiger partial charge in [-0.3, -0.25) is 0 Å². The number of hydrogen-bond acceptors (Lipinski definition) is 3. The summed E-state index contributed by atoms with van der Waals surface area (Å²) in [6, 6.07) is 17.3. The molecule has 21 heavy (non-hydrogen) atoms. The molecule has 3 nitrogen and oxygen atoms in total. The zero-order chi connectivity index (χ0) is 14.8. The van der Waals surface area contributed by atoms with Gasteiger partial charge in [0.25, 0.3) is 0 Å². The van der Waals surface area contributed by atoms with Gasteiger partial charge in [0.2, 0.25) is 0 Å². The van der Waals surface area contributed by atoms with Crippen molar-refractivity contribution in [2.24, 2.45) is 0 Å². The molecule has 0 atom stereocenters. The topological polar surface area (TPSA) is 50.2 Å². The second kappa shape index (κ2) is 5.58. The van der Waals surface area contributed by atoms with Crippen molar-refractivity contribution in [2.45, 2.75) is 4.90 Å². The number of aromatic carboxylic acids is 1. The van der Waals surface area contributed by atoms with Gasteiger partial charge < -0.3 is 5.11 Å². The molecule has 0 unspecified atom stereocenters. The van der Waals surface area contributed by atoms with Gasteiger partial charge in [0.15, 0.2) is 0 Å². The second-order valence-electron chi connectivity index (χ2n) is 4.58. The molecular weight excluding hydrogens is 282 g/mol. The zero-order valence-corrected chi connectivity index (χ0v) is 12.2. The Hall–Kier alpha value is -2.33. The fourth-order valence-corrected chi connectivity index (χ4v) is 2.97. The minimum absolute atomic E-state index is 0.0675. The Balaban J connectivity index is 2.37. The highest BCUT2D eigenvalue weighted by Gasteiger charge is 2.13. The van der Waals surface area contributed by atoms with Crippen LogP contribution in [0, 0.1) is 0 Å². The van der Waals surface area contributed by atoms with E-state index in [2.05, 4.69) is 11.1 Å². The number of benzene rings is 2. The van der Waals surface area contributed by atoms with Crippen molar-refractivity contribution in [3.05, 3.63) is 60.3 Å². The Morgan fingerprint density at radius 1 is 1.05 bits per heavy atom. The highest BCUT2D eigenvalue weighted by atomic mass is 32.2. The molecule has 0 aliphatic heterocycles. The number of fused-ring (bicyclic) bond motifs is 1. The van der Waals surface area contributed by atoms with Crippen LogP contribution >= 0.6 is 11.8 Å². The molecule has 0 amide bonds. The summed E-state index contributed by atoms with van der Waals surface area (Å²) in [7, 11) is 0. The molecular formula is C17H13NO2S. The van der Waals surface area contributed by atoms with Crippen LogP contribution in [0.5, 0.6) is 0 Å². The summed E-state index contributed by atoms with van der Waals surface area (Å²) in [5, 5.41) is 10.1. The third kappa shape index (κ3) is 2.50. The molecule has 104 valence electrons. The van der Waals surface area contributed by atoms with Crippen molar-refractivity contribution >= 4 is 28.6 Å². The first kappa shape index (κ1) is 13.6. The molecule has 3 rings (SSSR count). The SMILES string of the molecule is CSc1ccc2ccc(C(=O)O)nc2c1-c1ccccc1. The van der Waals surface area contributed by atoms with Crippen LogP contribution in [0.4, 0.5) is 0 Å². The number of pyridine rings is 1. The van der Waals surface area contributed by atoms with Gasteiger partial charge >= 0.3 is 5.97 Å². The molecule has 1 aromatic heterocycles. The number of thioether (sulfide) groups is 1. The molecule has 1 heterocycles. The van der Waals surface area contributed by atoms with Crippen LogP contribution in [0.3, 0.4) is 0 Å². The van der Waals surface area contributed by atoms with Crippen molar-refractivity contribution in [2.75, 3.05) is 6.26 Å². The summed E-state index contributed by atoms with van der Waals surface area (Å²) in [5.74, 6) is -1.01. The van der Waals surface area contributed by atoms with Crippen LogP contribution in [-0.4, -0.2) is 22.3 Å². The van der Waals surface area contributed by atoms with Crippen molar-refractivity contribution in [3.63, 3.8) is 0 Å². The monoisotopic (exact) mass is 295 g/mol. The van der Waals surface area contributed by atoms with Crippen molar-refractivity contribution < 1.29 is 9.90 Å². The van der Waals surface area contributed by atoms with E-state index >= 15 is 0 Å². The predicted molar refractivity (Wildman–Crippen MR) is 85.9 cm³/mol. The number of hydrogen-bond donors (Lipinski definition) is 1. The number of carboxylic acid groups (broad SMARTS) is 1. The van der Waals surface area contributed by atoms with E-state index in [0.29, 0.717) is 0 Å². The van der Waals surface area contributed by atoms with Crippen LogP contribution in [0.15, 0.2) is 59.5 Å². The fourth-order valence-electron chi connectivity index (χ4n) is 2.34. The maximum absolute atomic E-state index is 11.2. The molecule has 2 aromatic carbocycles. The Morgan fingerprint density at radius 3 is 2.43 bits per heavy atom. The highest BCUT2D eigenvalue weighted by Crippen LogP contribution is 2.35. The van der Waals surface area contributed by atoms with Gasteiger partial charge in [0, 0.05) is 15.8 Å². The first-order valence-corrected chi connectivity index (χ1v) is 7.69. The largest absolute Gasteiger partial charge is 0.477 e. The van der Waals surface area contributed by atoms with E-state index in [4.69, 9.17) is 5.11 Å². The van der Waals surface area contributed by atoms with E-state index in [0.717, 1.165) is 26.9 Å². The lowest BCUT2D eigenvalue weighted by Crippen LogP contribution is -2.00. The molecule has 4 heteroatoms. The Labute approximate surface area is 126 Å². The number of nitrogens with zero attached hydrogens (tertiary/aromatic N) is 1. The van der Waals surface area contributed by atoms with Gasteiger partial charge in [-0.05, 0) is 24.0 Å². The van der Waals surface area contributed by atoms with Gasteiger partial charge in [-0.1, -0.05) is 42.5 Å². The third-order valence-corrected chi connectivity index (χ3v) is 4.11. The molecule has 0 aliphatic carbocycles. The Kier molecular flexibility index (Phi) is 3.62. The predicted octanol–water partition coefficient (Wildman–Crippen LogP) is 4.32. The standard InChI is InChI=1S/C17H13NO2S/c1-21-14-10-8-12-7-9-13(17(19)20)18-16(12)15(14)11-5-3-2-4-6-11/h2-10H,1H3,(H,19,20). The lowest BCUT2D eigenvalue weighted by Gasteiger charge is -2.11. The maximum Gasteiger partial charge on any atom is 0.354 e. The van der Waals surface area contributed by atoms with Crippen LogP contribution in [0.25, 0.3) is 22.0 Å². The molecule has 0 radical (unpaired) electrons. The summed E-state index contributed by atoms with van der Waals surface area (Å²) in [6.45, 7) is 0. The van der Waals surface area contributed by atoms with Gasteiger partial charge in [0.05, 0.1) is 5.52 Å². The lowest BCUT2D eigenvalue weighted by atomic mass is 10.0. The fraction of sp³-hybridized carbons (Fsp3) is 0.0588. The number of carboxylic acids is 1. The molecule has 3 aromatic rings. The molecule has 0 bridgehead atoms. The van der Waals surface area contributed by atoms with E-state index in [1.54, 1.807) is 11.8 Å². The van der Waals surface area contributed by atoms with Gasteiger partial charge in [-0.15, -0.1) is 11.8 Å². The summed E-state index contributed by atoms with van der Waals surface area (Å²) in [4.78, 5) is 16.6. The van der Waals surface area contributed by atoms with Crippen molar-refractivity contribution in [3.8, 4) is 11.1 Å². The van der Waals surface area contributed by atoms with Crippen LogP contribution < -0.4 is 0 Å². The van der Waals surface area contributed by atoms with Gasteiger partial charge in [-0.25, -0.2) is 9.78 Å². The van der Waals surface area contributed by atoms with Crippen LogP contribution in [0.1, 0.15) is 10.5 Å². The lowest BCUT2D eigenvalue weighted by molar-refractivity contribution is 0.0691. The van der Waals surface area contributed by atoms with Crippen LogP contribution in [-0.2, 0) is 0 Å². The Morgan fingerprint density at radius 2 is 1.76 bits per heavy atom. The van der Waals surface area contributed by atoms with E-state index in [-0.39, 0.29) is 5.69 Å². The van der Waals surface area contributed by atoms with E-state index in [9.17, 15) is 4.79 Å². The van der Waals surface area contributed by atoms with Crippen molar-refractivity contribution in [1.29, 1.82) is 0 Å². The molecule has 0 saturated heterocycles.